The van der Waals surface area contributed by atoms with Gasteiger partial charge in [-0.2, -0.15) is 0 Å². The van der Waals surface area contributed by atoms with Crippen LogP contribution in [0.1, 0.15) is 61.4 Å². The predicted octanol–water partition coefficient (Wildman–Crippen LogP) is 3.30. The van der Waals surface area contributed by atoms with E-state index in [4.69, 9.17) is 4.74 Å². The van der Waals surface area contributed by atoms with Crippen molar-refractivity contribution >= 4 is 11.7 Å². The van der Waals surface area contributed by atoms with E-state index in [2.05, 4.69) is 0 Å². The van der Waals surface area contributed by atoms with E-state index in [1.54, 1.807) is 0 Å². The van der Waals surface area contributed by atoms with Crippen LogP contribution in [0, 0.1) is 5.82 Å². The fourth-order valence-corrected chi connectivity index (χ4v) is 3.64. The largest absolute Gasteiger partial charge is 0.483 e. The summed E-state index contributed by atoms with van der Waals surface area (Å²) in [6.45, 7) is 4.51. The number of carbonyl (C=O) groups is 2. The first kappa shape index (κ1) is 16.0. The van der Waals surface area contributed by atoms with Crippen molar-refractivity contribution in [3.05, 3.63) is 29.1 Å². The van der Waals surface area contributed by atoms with Crippen molar-refractivity contribution in [3.8, 4) is 5.75 Å². The molecule has 5 heteroatoms. The number of ketones is 1. The van der Waals surface area contributed by atoms with E-state index < -0.39 is 0 Å². The fraction of sp³-hybridized carbons (Fsp3) is 0.556. The zero-order chi connectivity index (χ0) is 16.6. The van der Waals surface area contributed by atoms with Gasteiger partial charge in [0.2, 0.25) is 0 Å². The highest BCUT2D eigenvalue weighted by atomic mass is 19.1. The van der Waals surface area contributed by atoms with Gasteiger partial charge in [-0.25, -0.2) is 4.39 Å². The van der Waals surface area contributed by atoms with Gasteiger partial charge in [-0.05, 0) is 44.2 Å². The van der Waals surface area contributed by atoms with Crippen LogP contribution in [0.2, 0.25) is 0 Å². The van der Waals surface area contributed by atoms with Crippen LogP contribution in [0.15, 0.2) is 12.1 Å². The molecule has 2 unspecified atom stereocenters. The first-order valence-electron chi connectivity index (χ1n) is 8.27. The van der Waals surface area contributed by atoms with Crippen molar-refractivity contribution in [2.24, 2.45) is 0 Å². The third-order valence-electron chi connectivity index (χ3n) is 4.89. The molecule has 124 valence electrons. The number of halogens is 1. The third-order valence-corrected chi connectivity index (χ3v) is 4.89. The van der Waals surface area contributed by atoms with Crippen LogP contribution in [0.4, 0.5) is 4.39 Å². The maximum atomic E-state index is 14.0. The molecule has 0 N–H and O–H groups in total. The van der Waals surface area contributed by atoms with Gasteiger partial charge >= 0.3 is 0 Å². The average Bonchev–Trinajstić information content (AvgIpc) is 2.83. The lowest BCUT2D eigenvalue weighted by Crippen LogP contribution is -2.44. The summed E-state index contributed by atoms with van der Waals surface area (Å²) in [5.41, 5.74) is 0.739. The fourth-order valence-electron chi connectivity index (χ4n) is 3.64. The van der Waals surface area contributed by atoms with Crippen molar-refractivity contribution in [2.75, 3.05) is 13.2 Å². The molecular weight excluding hydrogens is 297 g/mol. The van der Waals surface area contributed by atoms with Crippen LogP contribution in [-0.4, -0.2) is 35.8 Å². The smallest absolute Gasteiger partial charge is 0.260 e. The molecule has 0 bridgehead atoms. The number of likely N-dealkylation sites (tertiary alicyclic amines) is 1. The Kier molecular flexibility index (Phi) is 4.37. The van der Waals surface area contributed by atoms with E-state index >= 15 is 0 Å². The van der Waals surface area contributed by atoms with Crippen molar-refractivity contribution in [3.63, 3.8) is 0 Å². The summed E-state index contributed by atoms with van der Waals surface area (Å²) in [6.07, 6.45) is 3.46. The number of hydrogen-bond donors (Lipinski definition) is 0. The molecule has 1 amide bonds. The number of rotatable bonds is 3. The molecule has 0 saturated carbocycles. The molecule has 0 aromatic heterocycles. The first-order chi connectivity index (χ1) is 11.0. The van der Waals surface area contributed by atoms with E-state index in [0.29, 0.717) is 23.3 Å². The summed E-state index contributed by atoms with van der Waals surface area (Å²) in [4.78, 5) is 26.3. The quantitative estimate of drug-likeness (QED) is 0.859. The van der Waals surface area contributed by atoms with Gasteiger partial charge in [0.05, 0.1) is 5.56 Å². The summed E-state index contributed by atoms with van der Waals surface area (Å²) in [5.74, 6) is -0.371. The van der Waals surface area contributed by atoms with Gasteiger partial charge < -0.3 is 9.64 Å². The van der Waals surface area contributed by atoms with E-state index in [0.717, 1.165) is 25.8 Å². The minimum absolute atomic E-state index is 0.0752. The first-order valence-corrected chi connectivity index (χ1v) is 8.27. The molecule has 1 aromatic carbocycles. The van der Waals surface area contributed by atoms with Crippen LogP contribution in [0.3, 0.4) is 0 Å². The van der Waals surface area contributed by atoms with E-state index in [-0.39, 0.29) is 36.1 Å². The minimum atomic E-state index is -0.373. The molecule has 1 aliphatic carbocycles. The monoisotopic (exact) mass is 319 g/mol. The normalized spacial score (nSPS) is 23.8. The van der Waals surface area contributed by atoms with Gasteiger partial charge in [-0.3, -0.25) is 9.59 Å². The molecule has 1 heterocycles. The van der Waals surface area contributed by atoms with Crippen molar-refractivity contribution in [1.82, 2.24) is 4.90 Å². The summed E-state index contributed by atoms with van der Waals surface area (Å²) in [5, 5.41) is 0. The van der Waals surface area contributed by atoms with E-state index in [1.165, 1.54) is 12.1 Å². The summed E-state index contributed by atoms with van der Waals surface area (Å²) >= 11 is 0. The molecule has 1 aromatic rings. The van der Waals surface area contributed by atoms with Crippen LogP contribution in [0.5, 0.6) is 5.75 Å². The summed E-state index contributed by atoms with van der Waals surface area (Å²) < 4.78 is 19.6. The highest BCUT2D eigenvalue weighted by Crippen LogP contribution is 2.39. The zero-order valence-electron chi connectivity index (χ0n) is 13.6. The van der Waals surface area contributed by atoms with E-state index in [9.17, 15) is 14.0 Å². The number of ether oxygens (including phenoxy) is 1. The second-order valence-corrected chi connectivity index (χ2v) is 6.58. The number of benzene rings is 1. The standard InChI is InChI=1S/C18H22FNO3/c1-11-9-14(21)18-15(7-6-13(19)17(11)18)23-10-16(22)20-8-4-3-5-12(20)2/h6-7,11-12H,3-5,8-10H2,1-2H3. The van der Waals surface area contributed by atoms with Gasteiger partial charge in [-0.15, -0.1) is 0 Å². The van der Waals surface area contributed by atoms with Gasteiger partial charge in [0.1, 0.15) is 11.6 Å². The maximum absolute atomic E-state index is 14.0. The highest BCUT2D eigenvalue weighted by Gasteiger charge is 2.33. The molecule has 1 saturated heterocycles. The Labute approximate surface area is 135 Å². The molecule has 0 spiro atoms. The molecule has 3 rings (SSSR count). The highest BCUT2D eigenvalue weighted by molar-refractivity contribution is 6.03. The average molecular weight is 319 g/mol. The third kappa shape index (κ3) is 2.96. The van der Waals surface area contributed by atoms with Crippen LogP contribution < -0.4 is 4.74 Å². The molecule has 2 atom stereocenters. The molecule has 0 radical (unpaired) electrons. The maximum Gasteiger partial charge on any atom is 0.260 e. The summed E-state index contributed by atoms with van der Waals surface area (Å²) in [7, 11) is 0. The summed E-state index contributed by atoms with van der Waals surface area (Å²) in [6, 6.07) is 2.99. The number of Topliss-reactive ketones (excluding diaryl/α,β-unsaturated/α-hetero) is 1. The van der Waals surface area contributed by atoms with Gasteiger partial charge in [-0.1, -0.05) is 6.92 Å². The Hall–Kier alpha value is -1.91. The zero-order valence-corrected chi connectivity index (χ0v) is 13.6. The number of nitrogens with zero attached hydrogens (tertiary/aromatic N) is 1. The topological polar surface area (TPSA) is 46.6 Å². The molecule has 2 aliphatic rings. The molecular formula is C18H22FNO3. The van der Waals surface area contributed by atoms with Crippen molar-refractivity contribution in [1.29, 1.82) is 0 Å². The van der Waals surface area contributed by atoms with Gasteiger partial charge in [0.15, 0.2) is 12.4 Å². The minimum Gasteiger partial charge on any atom is -0.483 e. The van der Waals surface area contributed by atoms with Crippen molar-refractivity contribution in [2.45, 2.75) is 51.5 Å². The number of amides is 1. The SMILES string of the molecule is CC1CC(=O)c2c(OCC(=O)N3CCCCC3C)ccc(F)c21. The van der Waals surface area contributed by atoms with Gasteiger partial charge in [0, 0.05) is 24.6 Å². The predicted molar refractivity (Wildman–Crippen MR) is 84.3 cm³/mol. The molecule has 1 aliphatic heterocycles. The number of fused-ring (bicyclic) bond motifs is 1. The second-order valence-electron chi connectivity index (χ2n) is 6.58. The number of carbonyl (C=O) groups excluding carboxylic acids is 2. The van der Waals surface area contributed by atoms with E-state index in [1.807, 2.05) is 18.7 Å². The van der Waals surface area contributed by atoms with Crippen LogP contribution >= 0.6 is 0 Å². The van der Waals surface area contributed by atoms with Crippen LogP contribution in [-0.2, 0) is 4.79 Å². The van der Waals surface area contributed by atoms with Crippen LogP contribution in [0.25, 0.3) is 0 Å². The lowest BCUT2D eigenvalue weighted by molar-refractivity contribution is -0.136. The Morgan fingerprint density at radius 2 is 2.13 bits per heavy atom. The molecule has 23 heavy (non-hydrogen) atoms. The number of piperidine rings is 1. The second kappa shape index (κ2) is 6.30. The number of hydrogen-bond acceptors (Lipinski definition) is 3. The molecule has 4 nitrogen and oxygen atoms in total. The van der Waals surface area contributed by atoms with Gasteiger partial charge in [0.25, 0.3) is 5.91 Å². The Balaban J connectivity index is 1.74. The lowest BCUT2D eigenvalue weighted by atomic mass is 10.0. The Morgan fingerprint density at radius 3 is 2.87 bits per heavy atom. The van der Waals surface area contributed by atoms with Crippen molar-refractivity contribution < 1.29 is 18.7 Å². The molecule has 1 fully saturated rings. The lowest BCUT2D eigenvalue weighted by Gasteiger charge is -2.33. The Bertz CT molecular complexity index is 643. The Morgan fingerprint density at radius 1 is 1.35 bits per heavy atom.